The Morgan fingerprint density at radius 1 is 0.966 bits per heavy atom. The highest BCUT2D eigenvalue weighted by atomic mass is 32.2. The van der Waals surface area contributed by atoms with E-state index < -0.39 is 32.8 Å². The lowest BCUT2D eigenvalue weighted by atomic mass is 10.1. The number of sulfone groups is 1. The van der Waals surface area contributed by atoms with Crippen LogP contribution in [-0.4, -0.2) is 27.0 Å². The molecule has 1 heterocycles. The third-order valence-electron chi connectivity index (χ3n) is 4.55. The molecule has 0 amide bonds. The monoisotopic (exact) mass is 414 g/mol. The molecule has 152 valence electrons. The van der Waals surface area contributed by atoms with Gasteiger partial charge in [0.25, 0.3) is 0 Å². The second kappa shape index (κ2) is 9.05. The van der Waals surface area contributed by atoms with Gasteiger partial charge < -0.3 is 9.47 Å². The molecule has 0 fully saturated rings. The van der Waals surface area contributed by atoms with Gasteiger partial charge in [0.15, 0.2) is 20.8 Å². The zero-order valence-electron chi connectivity index (χ0n) is 16.0. The van der Waals surface area contributed by atoms with Crippen LogP contribution in [0.25, 0.3) is 4.91 Å². The van der Waals surface area contributed by atoms with Crippen molar-refractivity contribution in [1.82, 2.24) is 0 Å². The molecule has 1 atom stereocenters. The summed E-state index contributed by atoms with van der Waals surface area (Å²) >= 11 is 0. The molecule has 0 radical (unpaired) electrons. The van der Waals surface area contributed by atoms with Crippen molar-refractivity contribution in [1.29, 1.82) is 0 Å². The van der Waals surface area contributed by atoms with Crippen LogP contribution in [-0.2, 0) is 24.1 Å². The number of ketones is 1. The van der Waals surface area contributed by atoms with Crippen molar-refractivity contribution in [3.05, 3.63) is 77.5 Å². The van der Waals surface area contributed by atoms with Gasteiger partial charge in [0.1, 0.15) is 4.91 Å². The van der Waals surface area contributed by atoms with Crippen LogP contribution in [0.5, 0.6) is 0 Å². The van der Waals surface area contributed by atoms with Gasteiger partial charge in [-0.25, -0.2) is 13.2 Å². The molecular formula is C22H22O6S. The van der Waals surface area contributed by atoms with E-state index in [1.807, 2.05) is 6.92 Å². The smallest absolute Gasteiger partial charge is 0.434 e. The molecule has 2 aromatic rings. The highest BCUT2D eigenvalue weighted by Crippen LogP contribution is 2.44. The Hall–Kier alpha value is -2.93. The van der Waals surface area contributed by atoms with E-state index in [0.717, 1.165) is 12.8 Å². The van der Waals surface area contributed by atoms with E-state index in [-0.39, 0.29) is 17.1 Å². The number of ether oxygens (including phenoxy) is 2. The molecule has 0 N–H and O–H groups in total. The topological polar surface area (TPSA) is 86.7 Å². The molecule has 0 spiro atoms. The van der Waals surface area contributed by atoms with E-state index in [2.05, 4.69) is 0 Å². The number of hydrogen-bond acceptors (Lipinski definition) is 6. The first-order valence-electron chi connectivity index (χ1n) is 9.44. The molecule has 3 rings (SSSR count). The molecule has 1 aliphatic heterocycles. The molecule has 1 unspecified atom stereocenters. The Kier molecular flexibility index (Phi) is 6.49. The predicted molar refractivity (Wildman–Crippen MR) is 108 cm³/mol. The molecule has 0 saturated carbocycles. The molecule has 0 aromatic heterocycles. The highest BCUT2D eigenvalue weighted by Gasteiger charge is 2.50. The van der Waals surface area contributed by atoms with E-state index in [4.69, 9.17) is 9.47 Å². The lowest BCUT2D eigenvalue weighted by Crippen LogP contribution is -2.17. The first-order valence-corrected chi connectivity index (χ1v) is 11.0. The molecule has 6 nitrogen and oxygen atoms in total. The largest absolute Gasteiger partial charge is 0.514 e. The summed E-state index contributed by atoms with van der Waals surface area (Å²) in [5.74, 6) is -1.27. The molecule has 2 aromatic carbocycles. The Balaban J connectivity index is 1.98. The van der Waals surface area contributed by atoms with Crippen molar-refractivity contribution >= 4 is 26.7 Å². The summed E-state index contributed by atoms with van der Waals surface area (Å²) in [6, 6.07) is 16.3. The van der Waals surface area contributed by atoms with Crippen molar-refractivity contribution in [3.8, 4) is 0 Å². The minimum absolute atomic E-state index is 0.143. The maximum Gasteiger partial charge on any atom is 0.514 e. The Bertz CT molecular complexity index is 1010. The van der Waals surface area contributed by atoms with Crippen molar-refractivity contribution in [2.24, 2.45) is 0 Å². The molecule has 29 heavy (non-hydrogen) atoms. The summed E-state index contributed by atoms with van der Waals surface area (Å²) in [5, 5.41) is -1.46. The van der Waals surface area contributed by atoms with Crippen LogP contribution < -0.4 is 0 Å². The van der Waals surface area contributed by atoms with Crippen molar-refractivity contribution in [2.45, 2.75) is 31.4 Å². The lowest BCUT2D eigenvalue weighted by Gasteiger charge is -2.10. The van der Waals surface area contributed by atoms with E-state index in [1.54, 1.807) is 60.7 Å². The fourth-order valence-corrected chi connectivity index (χ4v) is 5.18. The summed E-state index contributed by atoms with van der Waals surface area (Å²) in [6.07, 6.45) is 1.42. The normalized spacial score (nSPS) is 18.0. The molecule has 1 aliphatic rings. The minimum atomic E-state index is -4.11. The minimum Gasteiger partial charge on any atom is -0.434 e. The number of allylic oxidation sites excluding steroid dienone is 1. The first kappa shape index (κ1) is 20.8. The molecule has 7 heteroatoms. The van der Waals surface area contributed by atoms with Crippen LogP contribution >= 0.6 is 0 Å². The number of carbonyl (C=O) groups is 2. The van der Waals surface area contributed by atoms with Crippen LogP contribution in [0.4, 0.5) is 4.79 Å². The molecular weight excluding hydrogens is 392 g/mol. The van der Waals surface area contributed by atoms with Crippen LogP contribution in [0, 0.1) is 0 Å². The summed E-state index contributed by atoms with van der Waals surface area (Å²) in [7, 11) is -4.11. The number of benzene rings is 2. The van der Waals surface area contributed by atoms with Gasteiger partial charge >= 0.3 is 6.16 Å². The van der Waals surface area contributed by atoms with E-state index >= 15 is 0 Å². The SMILES string of the molecule is CCCCCOC(=O)OC1=C(c2ccccc2)S(=O)(=O)C(c2ccccc2)C1=O. The van der Waals surface area contributed by atoms with E-state index in [0.29, 0.717) is 12.0 Å². The molecule has 0 aliphatic carbocycles. The van der Waals surface area contributed by atoms with Gasteiger partial charge in [-0.3, -0.25) is 4.79 Å². The van der Waals surface area contributed by atoms with Crippen LogP contribution in [0.3, 0.4) is 0 Å². The second-order valence-corrected chi connectivity index (χ2v) is 8.60. The Labute approximate surface area is 170 Å². The molecule has 0 bridgehead atoms. The fraction of sp³-hybridized carbons (Fsp3) is 0.273. The lowest BCUT2D eigenvalue weighted by molar-refractivity contribution is -0.117. The third kappa shape index (κ3) is 4.40. The first-order chi connectivity index (χ1) is 14.0. The zero-order chi connectivity index (χ0) is 20.9. The van der Waals surface area contributed by atoms with Crippen molar-refractivity contribution in [2.75, 3.05) is 6.61 Å². The fourth-order valence-electron chi connectivity index (χ4n) is 3.18. The zero-order valence-corrected chi connectivity index (χ0v) is 16.9. The second-order valence-electron chi connectivity index (χ2n) is 6.63. The number of hydrogen-bond donors (Lipinski definition) is 0. The van der Waals surface area contributed by atoms with Gasteiger partial charge in [0.2, 0.25) is 5.78 Å². The van der Waals surface area contributed by atoms with Gasteiger partial charge in [-0.05, 0) is 17.5 Å². The Morgan fingerprint density at radius 3 is 2.21 bits per heavy atom. The number of rotatable bonds is 7. The summed E-state index contributed by atoms with van der Waals surface area (Å²) in [4.78, 5) is 24.9. The quantitative estimate of drug-likeness (QED) is 0.492. The van der Waals surface area contributed by atoms with Gasteiger partial charge in [-0.15, -0.1) is 0 Å². The third-order valence-corrected chi connectivity index (χ3v) is 6.65. The predicted octanol–water partition coefficient (Wildman–Crippen LogP) is 4.44. The maximum absolute atomic E-state index is 13.3. The van der Waals surface area contributed by atoms with Gasteiger partial charge in [-0.1, -0.05) is 80.4 Å². The standard InChI is InChI=1S/C22H22O6S/c1-2-3-10-15-27-22(24)28-19-18(23)20(16-11-6-4-7-12-16)29(25,26)21(19)17-13-8-5-9-14-17/h4-9,11-14,20H,2-3,10,15H2,1H3. The Morgan fingerprint density at radius 2 is 1.59 bits per heavy atom. The molecule has 0 saturated heterocycles. The average molecular weight is 414 g/mol. The van der Waals surface area contributed by atoms with Gasteiger partial charge in [0.05, 0.1) is 6.61 Å². The van der Waals surface area contributed by atoms with Crippen LogP contribution in [0.15, 0.2) is 66.4 Å². The summed E-state index contributed by atoms with van der Waals surface area (Å²) in [6.45, 7) is 2.16. The van der Waals surface area contributed by atoms with Gasteiger partial charge in [0, 0.05) is 0 Å². The number of unbranched alkanes of at least 4 members (excludes halogenated alkanes) is 2. The number of carbonyl (C=O) groups excluding carboxylic acids is 2. The average Bonchev–Trinajstić information content (AvgIpc) is 2.91. The van der Waals surface area contributed by atoms with Crippen LogP contribution in [0.1, 0.15) is 42.6 Å². The maximum atomic E-state index is 13.3. The van der Waals surface area contributed by atoms with Crippen LogP contribution in [0.2, 0.25) is 0 Å². The van der Waals surface area contributed by atoms with E-state index in [9.17, 15) is 18.0 Å². The number of Topliss-reactive ketones (excluding diaryl/α,β-unsaturated/α-hetero) is 1. The summed E-state index contributed by atoms with van der Waals surface area (Å²) in [5.41, 5.74) is 0.605. The van der Waals surface area contributed by atoms with Gasteiger partial charge in [-0.2, -0.15) is 0 Å². The summed E-state index contributed by atoms with van der Waals surface area (Å²) < 4.78 is 36.7. The van der Waals surface area contributed by atoms with Crippen molar-refractivity contribution in [3.63, 3.8) is 0 Å². The van der Waals surface area contributed by atoms with E-state index in [1.165, 1.54) is 0 Å². The highest BCUT2D eigenvalue weighted by molar-refractivity contribution is 8.02. The van der Waals surface area contributed by atoms with Crippen molar-refractivity contribution < 1.29 is 27.5 Å².